The van der Waals surface area contributed by atoms with Crippen LogP contribution in [0.5, 0.6) is 11.5 Å². The Labute approximate surface area is 103 Å². The number of quaternary nitrogens is 1. The van der Waals surface area contributed by atoms with Gasteiger partial charge in [-0.05, 0) is 25.1 Å². The molecule has 1 aromatic carbocycles. The highest BCUT2D eigenvalue weighted by molar-refractivity contribution is 5.42. The van der Waals surface area contributed by atoms with Crippen molar-refractivity contribution in [2.24, 2.45) is 0 Å². The molecule has 1 aliphatic heterocycles. The molecule has 0 saturated carbocycles. The summed E-state index contributed by atoms with van der Waals surface area (Å²) in [6.07, 6.45) is 2.73. The molecule has 0 unspecified atom stereocenters. The van der Waals surface area contributed by atoms with E-state index in [4.69, 9.17) is 9.47 Å². The monoisotopic (exact) mass is 236 g/mol. The summed E-state index contributed by atoms with van der Waals surface area (Å²) in [6, 6.07) is 6.27. The van der Waals surface area contributed by atoms with E-state index in [1.54, 1.807) is 12.0 Å². The fraction of sp³-hybridized carbons (Fsp3) is 0.571. The van der Waals surface area contributed by atoms with Gasteiger partial charge in [-0.25, -0.2) is 0 Å². The molecule has 0 aliphatic carbocycles. The predicted molar refractivity (Wildman–Crippen MR) is 67.8 cm³/mol. The third-order valence-electron chi connectivity index (χ3n) is 3.29. The molecule has 0 spiro atoms. The first kappa shape index (κ1) is 12.2. The summed E-state index contributed by atoms with van der Waals surface area (Å²) in [5.74, 6) is 1.69. The van der Waals surface area contributed by atoms with Crippen LogP contribution in [0.4, 0.5) is 0 Å². The number of likely N-dealkylation sites (tertiary alicyclic amines) is 1. The molecule has 1 fully saturated rings. The second-order valence-electron chi connectivity index (χ2n) is 4.55. The Balaban J connectivity index is 2.08. The van der Waals surface area contributed by atoms with E-state index in [2.05, 4.69) is 12.1 Å². The second-order valence-corrected chi connectivity index (χ2v) is 4.55. The summed E-state index contributed by atoms with van der Waals surface area (Å²) in [7, 11) is 1.68. The minimum atomic E-state index is 0.677. The number of benzene rings is 1. The van der Waals surface area contributed by atoms with Gasteiger partial charge in [0.1, 0.15) is 6.54 Å². The maximum Gasteiger partial charge on any atom is 0.161 e. The maximum atomic E-state index is 5.60. The van der Waals surface area contributed by atoms with Gasteiger partial charge >= 0.3 is 0 Å². The third-order valence-corrected chi connectivity index (χ3v) is 3.29. The molecule has 0 atom stereocenters. The van der Waals surface area contributed by atoms with E-state index in [1.165, 1.54) is 31.5 Å². The zero-order valence-electron chi connectivity index (χ0n) is 10.8. The van der Waals surface area contributed by atoms with Gasteiger partial charge in [0.15, 0.2) is 11.5 Å². The Morgan fingerprint density at radius 3 is 2.59 bits per heavy atom. The average molecular weight is 236 g/mol. The molecule has 3 nitrogen and oxygen atoms in total. The normalized spacial score (nSPS) is 16.1. The maximum absolute atomic E-state index is 5.60. The van der Waals surface area contributed by atoms with Crippen molar-refractivity contribution in [2.75, 3.05) is 26.8 Å². The zero-order chi connectivity index (χ0) is 12.1. The Morgan fingerprint density at radius 1 is 1.18 bits per heavy atom. The van der Waals surface area contributed by atoms with E-state index in [0.29, 0.717) is 6.61 Å². The minimum absolute atomic E-state index is 0.677. The summed E-state index contributed by atoms with van der Waals surface area (Å²) >= 11 is 0. The zero-order valence-corrected chi connectivity index (χ0v) is 10.8. The van der Waals surface area contributed by atoms with Gasteiger partial charge in [0.05, 0.1) is 26.8 Å². The molecule has 17 heavy (non-hydrogen) atoms. The largest absolute Gasteiger partial charge is 0.493 e. The Kier molecular flexibility index (Phi) is 4.26. The predicted octanol–water partition coefficient (Wildman–Crippen LogP) is 1.27. The lowest BCUT2D eigenvalue weighted by Gasteiger charge is -2.14. The first-order valence-electron chi connectivity index (χ1n) is 6.46. The average Bonchev–Trinajstić information content (AvgIpc) is 2.83. The Morgan fingerprint density at radius 2 is 1.94 bits per heavy atom. The van der Waals surface area contributed by atoms with Crippen LogP contribution in [-0.2, 0) is 6.54 Å². The molecule has 1 saturated heterocycles. The van der Waals surface area contributed by atoms with Crippen LogP contribution in [-0.4, -0.2) is 26.8 Å². The molecule has 94 valence electrons. The van der Waals surface area contributed by atoms with Gasteiger partial charge in [-0.1, -0.05) is 0 Å². The van der Waals surface area contributed by atoms with Crippen molar-refractivity contribution in [2.45, 2.75) is 26.3 Å². The van der Waals surface area contributed by atoms with Crippen LogP contribution in [0.25, 0.3) is 0 Å². The van der Waals surface area contributed by atoms with E-state index in [-0.39, 0.29) is 0 Å². The van der Waals surface area contributed by atoms with Gasteiger partial charge in [0.25, 0.3) is 0 Å². The molecule has 1 heterocycles. The third kappa shape index (κ3) is 3.13. The lowest BCUT2D eigenvalue weighted by Crippen LogP contribution is -3.08. The van der Waals surface area contributed by atoms with Gasteiger partial charge in [0, 0.05) is 18.4 Å². The van der Waals surface area contributed by atoms with Crippen LogP contribution in [0.1, 0.15) is 25.3 Å². The van der Waals surface area contributed by atoms with Crippen molar-refractivity contribution >= 4 is 0 Å². The Hall–Kier alpha value is -1.22. The van der Waals surface area contributed by atoms with Crippen molar-refractivity contribution in [3.63, 3.8) is 0 Å². The lowest BCUT2D eigenvalue weighted by molar-refractivity contribution is -0.901. The number of hydrogen-bond acceptors (Lipinski definition) is 2. The smallest absolute Gasteiger partial charge is 0.161 e. The fourth-order valence-corrected chi connectivity index (χ4v) is 2.44. The van der Waals surface area contributed by atoms with E-state index in [1.807, 2.05) is 13.0 Å². The van der Waals surface area contributed by atoms with Crippen LogP contribution >= 0.6 is 0 Å². The molecule has 2 rings (SSSR count). The molecule has 0 amide bonds. The topological polar surface area (TPSA) is 22.9 Å². The van der Waals surface area contributed by atoms with Crippen LogP contribution in [0.15, 0.2) is 18.2 Å². The minimum Gasteiger partial charge on any atom is -0.493 e. The second kappa shape index (κ2) is 5.92. The Bertz CT molecular complexity index is 359. The molecule has 1 aromatic rings. The highest BCUT2D eigenvalue weighted by atomic mass is 16.5. The molecule has 0 bridgehead atoms. The van der Waals surface area contributed by atoms with Crippen molar-refractivity contribution in [3.05, 3.63) is 23.8 Å². The van der Waals surface area contributed by atoms with E-state index in [0.717, 1.165) is 18.0 Å². The molecule has 1 aliphatic rings. The van der Waals surface area contributed by atoms with Crippen molar-refractivity contribution in [3.8, 4) is 11.5 Å². The lowest BCUT2D eigenvalue weighted by atomic mass is 10.2. The summed E-state index contributed by atoms with van der Waals surface area (Å²) in [5, 5.41) is 0. The molecule has 3 heteroatoms. The number of rotatable bonds is 5. The summed E-state index contributed by atoms with van der Waals surface area (Å²) in [4.78, 5) is 1.68. The molecule has 0 radical (unpaired) electrons. The molecular formula is C14H22NO2+. The first-order chi connectivity index (χ1) is 8.33. The number of hydrogen-bond donors (Lipinski definition) is 1. The number of methoxy groups -OCH3 is 1. The van der Waals surface area contributed by atoms with Gasteiger partial charge in [-0.3, -0.25) is 0 Å². The number of ether oxygens (including phenoxy) is 2. The fourth-order valence-electron chi connectivity index (χ4n) is 2.44. The van der Waals surface area contributed by atoms with Crippen LogP contribution < -0.4 is 14.4 Å². The van der Waals surface area contributed by atoms with Crippen molar-refractivity contribution in [1.82, 2.24) is 0 Å². The van der Waals surface area contributed by atoms with E-state index in [9.17, 15) is 0 Å². The van der Waals surface area contributed by atoms with E-state index < -0.39 is 0 Å². The van der Waals surface area contributed by atoms with Crippen LogP contribution in [0.3, 0.4) is 0 Å². The summed E-state index contributed by atoms with van der Waals surface area (Å²) in [5.41, 5.74) is 1.34. The van der Waals surface area contributed by atoms with Gasteiger partial charge in [-0.15, -0.1) is 0 Å². The van der Waals surface area contributed by atoms with Crippen LogP contribution in [0, 0.1) is 0 Å². The standard InChI is InChI=1S/C14H21NO2/c1-3-17-14-10-12(6-7-13(14)16-2)11-15-8-4-5-9-15/h6-7,10H,3-5,8-9,11H2,1-2H3/p+1. The summed E-state index contributed by atoms with van der Waals surface area (Å²) in [6.45, 7) is 6.38. The van der Waals surface area contributed by atoms with E-state index >= 15 is 0 Å². The van der Waals surface area contributed by atoms with Gasteiger partial charge < -0.3 is 14.4 Å². The van der Waals surface area contributed by atoms with Crippen molar-refractivity contribution in [1.29, 1.82) is 0 Å². The molecule has 1 N–H and O–H groups in total. The quantitative estimate of drug-likeness (QED) is 0.832. The highest BCUT2D eigenvalue weighted by Gasteiger charge is 2.16. The highest BCUT2D eigenvalue weighted by Crippen LogP contribution is 2.27. The molecular weight excluding hydrogens is 214 g/mol. The van der Waals surface area contributed by atoms with Gasteiger partial charge in [-0.2, -0.15) is 0 Å². The summed E-state index contributed by atoms with van der Waals surface area (Å²) < 4.78 is 10.9. The first-order valence-corrected chi connectivity index (χ1v) is 6.46. The SMILES string of the molecule is CCOc1cc(C[NH+]2CCCC2)ccc1OC. The number of nitrogens with one attached hydrogen (secondary N) is 1. The molecule has 0 aromatic heterocycles. The van der Waals surface area contributed by atoms with Gasteiger partial charge in [0.2, 0.25) is 0 Å². The van der Waals surface area contributed by atoms with Crippen molar-refractivity contribution < 1.29 is 14.4 Å². The van der Waals surface area contributed by atoms with Crippen LogP contribution in [0.2, 0.25) is 0 Å².